The number of nitrogens with zero attached hydrogens (tertiary/aromatic N) is 2. The number of hydrogen-bond donors (Lipinski definition) is 1. The molecule has 2 amide bonds. The summed E-state index contributed by atoms with van der Waals surface area (Å²) in [5.74, 6) is -1.29. The van der Waals surface area contributed by atoms with Gasteiger partial charge in [0.2, 0.25) is 11.8 Å². The Morgan fingerprint density at radius 3 is 2.50 bits per heavy atom. The van der Waals surface area contributed by atoms with E-state index in [4.69, 9.17) is 4.74 Å². The molecule has 1 aromatic heterocycles. The van der Waals surface area contributed by atoms with Crippen molar-refractivity contribution in [1.29, 1.82) is 0 Å². The second-order valence-corrected chi connectivity index (χ2v) is 10.8. The lowest BCUT2D eigenvalue weighted by atomic mass is 10.2. The third kappa shape index (κ3) is 5.50. The van der Waals surface area contributed by atoms with E-state index in [1.54, 1.807) is 33.7 Å². The van der Waals surface area contributed by atoms with E-state index < -0.39 is 21.5 Å². The van der Waals surface area contributed by atoms with Gasteiger partial charge < -0.3 is 19.5 Å². The molecule has 1 atom stereocenters. The molecule has 32 heavy (non-hydrogen) atoms. The Labute approximate surface area is 189 Å². The predicted octanol–water partition coefficient (Wildman–Crippen LogP) is 2.36. The van der Waals surface area contributed by atoms with Crippen LogP contribution in [0.3, 0.4) is 0 Å². The summed E-state index contributed by atoms with van der Waals surface area (Å²) in [5, 5.41) is 3.17. The molecule has 1 aromatic carbocycles. The van der Waals surface area contributed by atoms with Gasteiger partial charge in [0.1, 0.15) is 12.3 Å². The third-order valence-corrected chi connectivity index (χ3v) is 7.30. The summed E-state index contributed by atoms with van der Waals surface area (Å²) >= 11 is 0. The molecule has 0 radical (unpaired) electrons. The highest BCUT2D eigenvalue weighted by Crippen LogP contribution is 2.27. The van der Waals surface area contributed by atoms with Crippen molar-refractivity contribution < 1.29 is 22.7 Å². The Morgan fingerprint density at radius 2 is 1.88 bits per heavy atom. The van der Waals surface area contributed by atoms with E-state index >= 15 is 0 Å². The van der Waals surface area contributed by atoms with Crippen LogP contribution in [0.2, 0.25) is 0 Å². The summed E-state index contributed by atoms with van der Waals surface area (Å²) in [5.41, 5.74) is 0.645. The largest absolute Gasteiger partial charge is 0.376 e. The van der Waals surface area contributed by atoms with Crippen LogP contribution < -0.4 is 5.32 Å². The molecule has 9 heteroatoms. The van der Waals surface area contributed by atoms with Gasteiger partial charge in [-0.05, 0) is 46.6 Å². The smallest absolute Gasteiger partial charge is 0.242 e. The summed E-state index contributed by atoms with van der Waals surface area (Å²) in [7, 11) is -3.90. The first-order valence-electron chi connectivity index (χ1n) is 11.1. The van der Waals surface area contributed by atoms with Crippen LogP contribution in [-0.2, 0) is 30.7 Å². The number of carbonyl (C=O) groups excluding carboxylic acids is 2. The molecule has 1 aliphatic heterocycles. The molecule has 2 aromatic rings. The number of aromatic nitrogens is 1. The zero-order valence-corrected chi connectivity index (χ0v) is 20.0. The number of amides is 2. The number of sulfone groups is 1. The van der Waals surface area contributed by atoms with Crippen LogP contribution in [0, 0.1) is 0 Å². The molecular formula is C23H33N3O5S. The topological polar surface area (TPSA) is 97.7 Å². The van der Waals surface area contributed by atoms with Crippen molar-refractivity contribution in [3.05, 3.63) is 30.5 Å². The average Bonchev–Trinajstić information content (AvgIpc) is 3.34. The van der Waals surface area contributed by atoms with Crippen LogP contribution in [0.4, 0.5) is 0 Å². The predicted molar refractivity (Wildman–Crippen MR) is 123 cm³/mol. The molecule has 0 aliphatic carbocycles. The van der Waals surface area contributed by atoms with Gasteiger partial charge in [0.15, 0.2) is 9.84 Å². The van der Waals surface area contributed by atoms with Crippen molar-refractivity contribution in [1.82, 2.24) is 14.8 Å². The fraction of sp³-hybridized carbons (Fsp3) is 0.565. The number of ether oxygens (including phenoxy) is 1. The van der Waals surface area contributed by atoms with E-state index in [1.165, 1.54) is 6.20 Å². The number of fused-ring (bicyclic) bond motifs is 1. The first kappa shape index (κ1) is 24.3. The lowest BCUT2D eigenvalue weighted by Crippen LogP contribution is -2.43. The Hall–Kier alpha value is -2.39. The molecule has 0 bridgehead atoms. The number of para-hydroxylation sites is 1. The van der Waals surface area contributed by atoms with Crippen molar-refractivity contribution >= 4 is 32.6 Å². The molecule has 1 N–H and O–H groups in total. The van der Waals surface area contributed by atoms with E-state index in [2.05, 4.69) is 5.32 Å². The van der Waals surface area contributed by atoms with Crippen molar-refractivity contribution in [2.24, 2.45) is 0 Å². The van der Waals surface area contributed by atoms with Crippen molar-refractivity contribution in [3.8, 4) is 0 Å². The van der Waals surface area contributed by atoms with Gasteiger partial charge in [-0.1, -0.05) is 18.2 Å². The van der Waals surface area contributed by atoms with E-state index in [0.717, 1.165) is 12.8 Å². The van der Waals surface area contributed by atoms with Gasteiger partial charge in [-0.25, -0.2) is 8.42 Å². The van der Waals surface area contributed by atoms with Crippen LogP contribution in [0.15, 0.2) is 35.4 Å². The number of carbonyl (C=O) groups is 2. The maximum atomic E-state index is 13.1. The van der Waals surface area contributed by atoms with E-state index in [1.807, 2.05) is 27.7 Å². The molecule has 1 aliphatic rings. The standard InChI is InChI=1S/C23H33N3O5S/c1-16(2)26(17(3)4)23(28)14-25-13-21(19-9-5-6-10-20(19)25)32(29,30)15-22(27)24-12-18-8-7-11-31-18/h5-6,9-10,13,16-18H,7-8,11-12,14-15H2,1-4H3,(H,24,27). The molecule has 2 heterocycles. The quantitative estimate of drug-likeness (QED) is 0.616. The minimum absolute atomic E-state index is 0.0254. The Morgan fingerprint density at radius 1 is 1.19 bits per heavy atom. The van der Waals surface area contributed by atoms with Crippen LogP contribution in [0.5, 0.6) is 0 Å². The molecule has 1 unspecified atom stereocenters. The second-order valence-electron chi connectivity index (χ2n) is 8.83. The highest BCUT2D eigenvalue weighted by molar-refractivity contribution is 7.92. The fourth-order valence-electron chi connectivity index (χ4n) is 4.33. The minimum Gasteiger partial charge on any atom is -0.376 e. The van der Waals surface area contributed by atoms with Crippen molar-refractivity contribution in [2.75, 3.05) is 18.9 Å². The molecule has 3 rings (SSSR count). The van der Waals surface area contributed by atoms with Crippen LogP contribution in [0.25, 0.3) is 10.9 Å². The Balaban J connectivity index is 1.82. The van der Waals surface area contributed by atoms with Gasteiger partial charge in [0, 0.05) is 42.3 Å². The number of nitrogens with one attached hydrogen (secondary N) is 1. The molecule has 176 valence electrons. The molecule has 0 spiro atoms. The average molecular weight is 464 g/mol. The van der Waals surface area contributed by atoms with Gasteiger partial charge in [-0.3, -0.25) is 9.59 Å². The van der Waals surface area contributed by atoms with Crippen molar-refractivity contribution in [3.63, 3.8) is 0 Å². The summed E-state index contributed by atoms with van der Waals surface area (Å²) in [6, 6.07) is 7.10. The maximum absolute atomic E-state index is 13.1. The van der Waals surface area contributed by atoms with Crippen LogP contribution in [0.1, 0.15) is 40.5 Å². The monoisotopic (exact) mass is 463 g/mol. The molecule has 8 nitrogen and oxygen atoms in total. The van der Waals surface area contributed by atoms with Gasteiger partial charge in [-0.2, -0.15) is 0 Å². The first-order chi connectivity index (χ1) is 15.1. The van der Waals surface area contributed by atoms with E-state index in [9.17, 15) is 18.0 Å². The highest BCUT2D eigenvalue weighted by Gasteiger charge is 2.27. The molecule has 0 saturated carbocycles. The third-order valence-electron chi connectivity index (χ3n) is 5.67. The van der Waals surface area contributed by atoms with Crippen LogP contribution in [-0.4, -0.2) is 66.8 Å². The lowest BCUT2D eigenvalue weighted by Gasteiger charge is -2.31. The Kier molecular flexibility index (Phi) is 7.61. The van der Waals surface area contributed by atoms with E-state index in [-0.39, 0.29) is 35.5 Å². The van der Waals surface area contributed by atoms with Gasteiger partial charge in [0.25, 0.3) is 0 Å². The van der Waals surface area contributed by atoms with Gasteiger partial charge in [-0.15, -0.1) is 0 Å². The SMILES string of the molecule is CC(C)N(C(=O)Cn1cc(S(=O)(=O)CC(=O)NCC2CCCO2)c2ccccc21)C(C)C. The maximum Gasteiger partial charge on any atom is 0.242 e. The lowest BCUT2D eigenvalue weighted by molar-refractivity contribution is -0.135. The zero-order chi connectivity index (χ0) is 23.5. The number of hydrogen-bond acceptors (Lipinski definition) is 5. The molecular weight excluding hydrogens is 430 g/mol. The minimum atomic E-state index is -3.90. The highest BCUT2D eigenvalue weighted by atomic mass is 32.2. The summed E-state index contributed by atoms with van der Waals surface area (Å²) in [6.07, 6.45) is 3.23. The second kappa shape index (κ2) is 10.0. The van der Waals surface area contributed by atoms with Gasteiger partial charge >= 0.3 is 0 Å². The van der Waals surface area contributed by atoms with Crippen LogP contribution >= 0.6 is 0 Å². The Bertz CT molecular complexity index is 1060. The van der Waals surface area contributed by atoms with E-state index in [0.29, 0.717) is 24.1 Å². The fourth-order valence-corrected chi connectivity index (χ4v) is 5.72. The first-order valence-corrected chi connectivity index (χ1v) is 12.8. The summed E-state index contributed by atoms with van der Waals surface area (Å²) < 4.78 is 33.3. The van der Waals surface area contributed by atoms with Gasteiger partial charge in [0.05, 0.1) is 11.0 Å². The summed E-state index contributed by atoms with van der Waals surface area (Å²) in [4.78, 5) is 27.1. The molecule has 1 fully saturated rings. The zero-order valence-electron chi connectivity index (χ0n) is 19.2. The molecule has 1 saturated heterocycles. The normalized spacial score (nSPS) is 16.8. The number of benzene rings is 1. The van der Waals surface area contributed by atoms with Crippen molar-refractivity contribution in [2.45, 2.75) is 70.2 Å². The summed E-state index contributed by atoms with van der Waals surface area (Å²) in [6.45, 7) is 8.83. The number of rotatable bonds is 9.